The molecule has 1 N–H and O–H groups in total. The van der Waals surface area contributed by atoms with E-state index in [4.69, 9.17) is 19.3 Å². The maximum Gasteiger partial charge on any atom is 0.0701 e. The molecule has 1 aromatic rings. The monoisotopic (exact) mass is 297 g/mol. The summed E-state index contributed by atoms with van der Waals surface area (Å²) in [6.07, 6.45) is 0. The molecule has 0 heterocycles. The Kier molecular flexibility index (Phi) is 11.0. The predicted molar refractivity (Wildman–Crippen MR) is 82.3 cm³/mol. The third-order valence-electron chi connectivity index (χ3n) is 3.02. The maximum absolute atomic E-state index is 9.12. The maximum atomic E-state index is 9.12. The minimum Gasteiger partial charge on any atom is -0.395 e. The largest absolute Gasteiger partial charge is 0.395 e. The van der Waals surface area contributed by atoms with E-state index in [1.807, 2.05) is 18.2 Å². The lowest BCUT2D eigenvalue weighted by atomic mass is 10.2. The third-order valence-corrected chi connectivity index (χ3v) is 3.02. The van der Waals surface area contributed by atoms with E-state index < -0.39 is 0 Å². The van der Waals surface area contributed by atoms with Gasteiger partial charge in [0, 0.05) is 26.7 Å². The highest BCUT2D eigenvalue weighted by atomic mass is 16.5. The number of aliphatic hydroxyl groups excluding tert-OH is 1. The lowest BCUT2D eigenvalue weighted by Crippen LogP contribution is -2.30. The van der Waals surface area contributed by atoms with Crippen LogP contribution in [0, 0.1) is 0 Å². The number of aliphatic hydroxyl groups is 1. The average Bonchev–Trinajstić information content (AvgIpc) is 2.51. The van der Waals surface area contributed by atoms with Gasteiger partial charge in [-0.15, -0.1) is 0 Å². The van der Waals surface area contributed by atoms with Gasteiger partial charge in [-0.05, 0) is 5.56 Å². The Morgan fingerprint density at radius 2 is 1.57 bits per heavy atom. The molecular weight excluding hydrogens is 270 g/mol. The first kappa shape index (κ1) is 18.1. The molecule has 0 aliphatic rings. The minimum atomic E-state index is 0.160. The van der Waals surface area contributed by atoms with Gasteiger partial charge in [0.2, 0.25) is 0 Å². The van der Waals surface area contributed by atoms with E-state index in [1.54, 1.807) is 7.11 Å². The van der Waals surface area contributed by atoms with Crippen LogP contribution < -0.4 is 0 Å². The fraction of sp³-hybridized carbons (Fsp3) is 0.625. The molecule has 0 saturated heterocycles. The molecule has 0 aliphatic heterocycles. The van der Waals surface area contributed by atoms with Crippen LogP contribution in [0.25, 0.3) is 0 Å². The lowest BCUT2D eigenvalue weighted by Gasteiger charge is -2.21. The van der Waals surface area contributed by atoms with Crippen LogP contribution in [-0.2, 0) is 20.8 Å². The first-order valence-electron chi connectivity index (χ1n) is 7.38. The van der Waals surface area contributed by atoms with Crippen molar-refractivity contribution in [3.63, 3.8) is 0 Å². The van der Waals surface area contributed by atoms with Crippen molar-refractivity contribution in [2.45, 2.75) is 6.54 Å². The smallest absolute Gasteiger partial charge is 0.0701 e. The number of rotatable bonds is 13. The Labute approximate surface area is 127 Å². The Hall–Kier alpha value is -0.980. The van der Waals surface area contributed by atoms with Crippen LogP contribution in [0.4, 0.5) is 0 Å². The van der Waals surface area contributed by atoms with Gasteiger partial charge < -0.3 is 19.3 Å². The molecule has 0 aliphatic carbocycles. The van der Waals surface area contributed by atoms with Gasteiger partial charge in [-0.25, -0.2) is 0 Å². The van der Waals surface area contributed by atoms with Crippen LogP contribution in [0.2, 0.25) is 0 Å². The van der Waals surface area contributed by atoms with Gasteiger partial charge in [0.05, 0.1) is 39.6 Å². The second-order valence-corrected chi connectivity index (χ2v) is 4.70. The van der Waals surface area contributed by atoms with Crippen LogP contribution in [0.3, 0.4) is 0 Å². The molecule has 1 aromatic carbocycles. The number of hydrogen-bond donors (Lipinski definition) is 1. The number of nitrogens with zero attached hydrogens (tertiary/aromatic N) is 1. The zero-order valence-electron chi connectivity index (χ0n) is 12.9. The van der Waals surface area contributed by atoms with E-state index in [2.05, 4.69) is 17.0 Å². The number of ether oxygens (including phenoxy) is 3. The van der Waals surface area contributed by atoms with Crippen molar-refractivity contribution in [3.8, 4) is 0 Å². The van der Waals surface area contributed by atoms with E-state index >= 15 is 0 Å². The Balaban J connectivity index is 2.11. The quantitative estimate of drug-likeness (QED) is 0.554. The highest BCUT2D eigenvalue weighted by molar-refractivity contribution is 5.14. The molecule has 1 rings (SSSR count). The molecule has 0 fully saturated rings. The molecule has 5 heteroatoms. The number of hydrogen-bond acceptors (Lipinski definition) is 5. The zero-order chi connectivity index (χ0) is 15.2. The van der Waals surface area contributed by atoms with Crippen LogP contribution in [-0.4, -0.2) is 69.8 Å². The topological polar surface area (TPSA) is 51.2 Å². The Morgan fingerprint density at radius 3 is 2.24 bits per heavy atom. The standard InChI is InChI=1S/C16H27NO4/c1-19-11-12-21-14-13-20-10-8-17(7-9-18)15-16-5-3-2-4-6-16/h2-6,18H,7-15H2,1H3. The van der Waals surface area contributed by atoms with Crippen molar-refractivity contribution < 1.29 is 19.3 Å². The van der Waals surface area contributed by atoms with Crippen molar-refractivity contribution in [1.82, 2.24) is 4.90 Å². The van der Waals surface area contributed by atoms with Crippen molar-refractivity contribution in [2.75, 3.05) is 59.8 Å². The SMILES string of the molecule is COCCOCCOCCN(CCO)Cc1ccccc1. The van der Waals surface area contributed by atoms with Crippen molar-refractivity contribution >= 4 is 0 Å². The van der Waals surface area contributed by atoms with Crippen LogP contribution in [0.5, 0.6) is 0 Å². The van der Waals surface area contributed by atoms with Gasteiger partial charge in [0.25, 0.3) is 0 Å². The van der Waals surface area contributed by atoms with Crippen molar-refractivity contribution in [2.24, 2.45) is 0 Å². The number of benzene rings is 1. The summed E-state index contributed by atoms with van der Waals surface area (Å²) in [4.78, 5) is 2.18. The van der Waals surface area contributed by atoms with E-state index in [9.17, 15) is 0 Å². The van der Waals surface area contributed by atoms with Gasteiger partial charge >= 0.3 is 0 Å². The van der Waals surface area contributed by atoms with Gasteiger partial charge in [-0.3, -0.25) is 4.90 Å². The zero-order valence-corrected chi connectivity index (χ0v) is 12.9. The summed E-state index contributed by atoms with van der Waals surface area (Å²) in [6.45, 7) is 5.47. The van der Waals surface area contributed by atoms with Crippen LogP contribution in [0.1, 0.15) is 5.56 Å². The fourth-order valence-corrected chi connectivity index (χ4v) is 1.91. The first-order chi connectivity index (χ1) is 10.4. The van der Waals surface area contributed by atoms with Crippen LogP contribution >= 0.6 is 0 Å². The van der Waals surface area contributed by atoms with E-state index in [-0.39, 0.29) is 6.61 Å². The van der Waals surface area contributed by atoms with E-state index in [0.29, 0.717) is 39.6 Å². The van der Waals surface area contributed by atoms with Gasteiger partial charge in [0.15, 0.2) is 0 Å². The number of methoxy groups -OCH3 is 1. The van der Waals surface area contributed by atoms with E-state index in [0.717, 1.165) is 13.1 Å². The summed E-state index contributed by atoms with van der Waals surface area (Å²) in [7, 11) is 1.66. The highest BCUT2D eigenvalue weighted by Crippen LogP contribution is 2.03. The van der Waals surface area contributed by atoms with Crippen molar-refractivity contribution in [1.29, 1.82) is 0 Å². The molecule has 0 atom stereocenters. The second-order valence-electron chi connectivity index (χ2n) is 4.70. The summed E-state index contributed by atoms with van der Waals surface area (Å²) in [5, 5.41) is 9.12. The molecule has 0 aromatic heterocycles. The van der Waals surface area contributed by atoms with Crippen LogP contribution in [0.15, 0.2) is 30.3 Å². The molecular formula is C16H27NO4. The highest BCUT2D eigenvalue weighted by Gasteiger charge is 2.05. The lowest BCUT2D eigenvalue weighted by molar-refractivity contribution is 0.0180. The van der Waals surface area contributed by atoms with Crippen molar-refractivity contribution in [3.05, 3.63) is 35.9 Å². The predicted octanol–water partition coefficient (Wildman–Crippen LogP) is 1.16. The fourth-order valence-electron chi connectivity index (χ4n) is 1.91. The molecule has 5 nitrogen and oxygen atoms in total. The summed E-state index contributed by atoms with van der Waals surface area (Å²) in [6, 6.07) is 10.2. The average molecular weight is 297 g/mol. The van der Waals surface area contributed by atoms with E-state index in [1.165, 1.54) is 5.56 Å². The first-order valence-corrected chi connectivity index (χ1v) is 7.38. The molecule has 120 valence electrons. The second kappa shape index (κ2) is 12.7. The summed E-state index contributed by atoms with van der Waals surface area (Å²) < 4.78 is 15.7. The van der Waals surface area contributed by atoms with Gasteiger partial charge in [-0.1, -0.05) is 30.3 Å². The molecule has 0 amide bonds. The Bertz CT molecular complexity index is 334. The molecule has 0 unspecified atom stereocenters. The summed E-state index contributed by atoms with van der Waals surface area (Å²) >= 11 is 0. The third kappa shape index (κ3) is 9.55. The summed E-state index contributed by atoms with van der Waals surface area (Å²) in [5.74, 6) is 0. The molecule has 21 heavy (non-hydrogen) atoms. The molecule has 0 bridgehead atoms. The Morgan fingerprint density at radius 1 is 0.905 bits per heavy atom. The van der Waals surface area contributed by atoms with Gasteiger partial charge in [0.1, 0.15) is 0 Å². The normalized spacial score (nSPS) is 11.2. The molecule has 0 saturated carbocycles. The minimum absolute atomic E-state index is 0.160. The summed E-state index contributed by atoms with van der Waals surface area (Å²) in [5.41, 5.74) is 1.24. The molecule has 0 spiro atoms. The molecule has 0 radical (unpaired) electrons. The van der Waals surface area contributed by atoms with Gasteiger partial charge in [-0.2, -0.15) is 0 Å².